The van der Waals surface area contributed by atoms with Crippen LogP contribution >= 0.6 is 0 Å². The largest absolute Gasteiger partial charge is 0.450 e. The van der Waals surface area contributed by atoms with Crippen LogP contribution in [0.2, 0.25) is 0 Å². The standard InChI is InChI=1S/C20H24N4O2/c1-14(2)7-8-17(25)23-9-11-24(12-10-23)20-19-18(21-13-22-20)15-5-3-4-6-16(15)26-19/h3-6,13-14H,7-12H2,1-2H3. The van der Waals surface area contributed by atoms with Gasteiger partial charge in [-0.3, -0.25) is 4.79 Å². The van der Waals surface area contributed by atoms with E-state index in [-0.39, 0.29) is 5.91 Å². The van der Waals surface area contributed by atoms with Gasteiger partial charge in [-0.1, -0.05) is 26.0 Å². The number of rotatable bonds is 4. The summed E-state index contributed by atoms with van der Waals surface area (Å²) >= 11 is 0. The first-order valence-corrected chi connectivity index (χ1v) is 9.28. The topological polar surface area (TPSA) is 62.5 Å². The molecule has 0 N–H and O–H groups in total. The van der Waals surface area contributed by atoms with Gasteiger partial charge in [0.25, 0.3) is 0 Å². The molecule has 1 saturated heterocycles. The number of hydrogen-bond donors (Lipinski definition) is 0. The third-order valence-electron chi connectivity index (χ3n) is 5.01. The van der Waals surface area contributed by atoms with Gasteiger partial charge in [0.1, 0.15) is 17.4 Å². The van der Waals surface area contributed by atoms with Crippen LogP contribution in [0.25, 0.3) is 22.1 Å². The molecule has 0 atom stereocenters. The zero-order valence-corrected chi connectivity index (χ0v) is 15.3. The van der Waals surface area contributed by atoms with Crippen molar-refractivity contribution in [2.45, 2.75) is 26.7 Å². The Hall–Kier alpha value is -2.63. The third kappa shape index (κ3) is 3.11. The second-order valence-corrected chi connectivity index (χ2v) is 7.27. The highest BCUT2D eigenvalue weighted by Crippen LogP contribution is 2.32. The predicted octanol–water partition coefficient (Wildman–Crippen LogP) is 3.46. The molecule has 6 nitrogen and oxygen atoms in total. The highest BCUT2D eigenvalue weighted by molar-refractivity contribution is 6.05. The third-order valence-corrected chi connectivity index (χ3v) is 5.01. The smallest absolute Gasteiger partial charge is 0.222 e. The van der Waals surface area contributed by atoms with Gasteiger partial charge in [-0.25, -0.2) is 9.97 Å². The van der Waals surface area contributed by atoms with Crippen LogP contribution in [0.15, 0.2) is 35.0 Å². The number of hydrogen-bond acceptors (Lipinski definition) is 5. The van der Waals surface area contributed by atoms with E-state index >= 15 is 0 Å². The molecule has 0 bridgehead atoms. The molecule has 0 radical (unpaired) electrons. The van der Waals surface area contributed by atoms with Crippen molar-refractivity contribution in [1.82, 2.24) is 14.9 Å². The van der Waals surface area contributed by atoms with E-state index in [0.29, 0.717) is 12.3 Å². The minimum absolute atomic E-state index is 0.259. The molecule has 1 aliphatic heterocycles. The zero-order valence-electron chi connectivity index (χ0n) is 15.3. The van der Waals surface area contributed by atoms with Crippen LogP contribution in [0.3, 0.4) is 0 Å². The molecule has 26 heavy (non-hydrogen) atoms. The monoisotopic (exact) mass is 352 g/mol. The Morgan fingerprint density at radius 2 is 1.92 bits per heavy atom. The lowest BCUT2D eigenvalue weighted by atomic mass is 10.1. The van der Waals surface area contributed by atoms with E-state index in [0.717, 1.165) is 60.5 Å². The van der Waals surface area contributed by atoms with E-state index in [4.69, 9.17) is 4.42 Å². The number of aromatic nitrogens is 2. The van der Waals surface area contributed by atoms with Crippen molar-refractivity contribution in [3.8, 4) is 0 Å². The molecule has 0 saturated carbocycles. The van der Waals surface area contributed by atoms with Gasteiger partial charge in [0.05, 0.1) is 0 Å². The first-order chi connectivity index (χ1) is 12.6. The summed E-state index contributed by atoms with van der Waals surface area (Å²) in [6.07, 6.45) is 3.18. The average Bonchev–Trinajstić information content (AvgIpc) is 3.05. The lowest BCUT2D eigenvalue weighted by Gasteiger charge is -2.35. The van der Waals surface area contributed by atoms with Gasteiger partial charge < -0.3 is 14.2 Å². The summed E-state index contributed by atoms with van der Waals surface area (Å²) in [7, 11) is 0. The van der Waals surface area contributed by atoms with Gasteiger partial charge in [0, 0.05) is 38.0 Å². The Morgan fingerprint density at radius 3 is 2.69 bits per heavy atom. The van der Waals surface area contributed by atoms with E-state index in [1.165, 1.54) is 0 Å². The molecule has 136 valence electrons. The Morgan fingerprint density at radius 1 is 1.15 bits per heavy atom. The van der Waals surface area contributed by atoms with Crippen LogP contribution in [-0.2, 0) is 4.79 Å². The minimum Gasteiger partial charge on any atom is -0.450 e. The Labute approximate surface area is 152 Å². The maximum Gasteiger partial charge on any atom is 0.222 e. The van der Waals surface area contributed by atoms with Crippen molar-refractivity contribution in [1.29, 1.82) is 0 Å². The Kier molecular flexibility index (Phi) is 4.49. The molecule has 1 aliphatic rings. The number of fused-ring (bicyclic) bond motifs is 3. The molecular formula is C20H24N4O2. The van der Waals surface area contributed by atoms with Gasteiger partial charge in [-0.05, 0) is 24.5 Å². The number of carbonyl (C=O) groups is 1. The summed E-state index contributed by atoms with van der Waals surface area (Å²) in [4.78, 5) is 25.4. The van der Waals surface area contributed by atoms with E-state index in [2.05, 4.69) is 28.7 Å². The minimum atomic E-state index is 0.259. The number of carbonyl (C=O) groups excluding carboxylic acids is 1. The second-order valence-electron chi connectivity index (χ2n) is 7.27. The normalized spacial score (nSPS) is 15.3. The molecule has 3 heterocycles. The van der Waals surface area contributed by atoms with Gasteiger partial charge in [0.15, 0.2) is 11.4 Å². The van der Waals surface area contributed by atoms with Crippen LogP contribution in [0, 0.1) is 5.92 Å². The van der Waals surface area contributed by atoms with Crippen LogP contribution in [-0.4, -0.2) is 47.0 Å². The van der Waals surface area contributed by atoms with Crippen molar-refractivity contribution in [3.05, 3.63) is 30.6 Å². The average molecular weight is 352 g/mol. The van der Waals surface area contributed by atoms with Gasteiger partial charge in [0.2, 0.25) is 5.91 Å². The number of nitrogens with zero attached hydrogens (tertiary/aromatic N) is 4. The SMILES string of the molecule is CC(C)CCC(=O)N1CCN(c2ncnc3c2oc2ccccc23)CC1. The summed E-state index contributed by atoms with van der Waals surface area (Å²) in [5, 5.41) is 1.01. The van der Waals surface area contributed by atoms with Crippen molar-refractivity contribution >= 4 is 33.8 Å². The van der Waals surface area contributed by atoms with E-state index in [9.17, 15) is 4.79 Å². The quantitative estimate of drug-likeness (QED) is 0.719. The number of para-hydroxylation sites is 1. The number of benzene rings is 1. The van der Waals surface area contributed by atoms with Crippen LogP contribution in [0.4, 0.5) is 5.82 Å². The first-order valence-electron chi connectivity index (χ1n) is 9.28. The summed E-state index contributed by atoms with van der Waals surface area (Å²) in [5.74, 6) is 1.64. The van der Waals surface area contributed by atoms with Gasteiger partial charge >= 0.3 is 0 Å². The Balaban J connectivity index is 1.52. The lowest BCUT2D eigenvalue weighted by molar-refractivity contribution is -0.131. The van der Waals surface area contributed by atoms with E-state index < -0.39 is 0 Å². The zero-order chi connectivity index (χ0) is 18.1. The maximum atomic E-state index is 12.3. The molecule has 4 rings (SSSR count). The molecule has 1 aromatic carbocycles. The highest BCUT2D eigenvalue weighted by Gasteiger charge is 2.24. The van der Waals surface area contributed by atoms with Crippen molar-refractivity contribution in [2.75, 3.05) is 31.1 Å². The number of anilines is 1. The number of piperazine rings is 1. The van der Waals surface area contributed by atoms with E-state index in [1.54, 1.807) is 6.33 Å². The fourth-order valence-electron chi connectivity index (χ4n) is 3.47. The molecule has 0 spiro atoms. The summed E-state index contributed by atoms with van der Waals surface area (Å²) in [6, 6.07) is 7.91. The molecule has 1 fully saturated rings. The number of amides is 1. The van der Waals surface area contributed by atoms with Crippen LogP contribution in [0.5, 0.6) is 0 Å². The fourth-order valence-corrected chi connectivity index (χ4v) is 3.47. The van der Waals surface area contributed by atoms with Gasteiger partial charge in [-0.2, -0.15) is 0 Å². The first kappa shape index (κ1) is 16.8. The molecule has 1 amide bonds. The summed E-state index contributed by atoms with van der Waals surface area (Å²) < 4.78 is 6.03. The predicted molar refractivity (Wildman–Crippen MR) is 102 cm³/mol. The van der Waals surface area contributed by atoms with E-state index in [1.807, 2.05) is 29.2 Å². The van der Waals surface area contributed by atoms with Crippen molar-refractivity contribution < 1.29 is 9.21 Å². The highest BCUT2D eigenvalue weighted by atomic mass is 16.3. The maximum absolute atomic E-state index is 12.3. The molecular weight excluding hydrogens is 328 g/mol. The molecule has 0 unspecified atom stereocenters. The summed E-state index contributed by atoms with van der Waals surface area (Å²) in [6.45, 7) is 7.27. The number of furan rings is 1. The molecule has 0 aliphatic carbocycles. The van der Waals surface area contributed by atoms with Crippen LogP contribution < -0.4 is 4.90 Å². The lowest BCUT2D eigenvalue weighted by Crippen LogP contribution is -2.49. The second kappa shape index (κ2) is 6.94. The van der Waals surface area contributed by atoms with Crippen LogP contribution in [0.1, 0.15) is 26.7 Å². The van der Waals surface area contributed by atoms with Gasteiger partial charge in [-0.15, -0.1) is 0 Å². The fraction of sp³-hybridized carbons (Fsp3) is 0.450. The summed E-state index contributed by atoms with van der Waals surface area (Å²) in [5.41, 5.74) is 2.40. The van der Waals surface area contributed by atoms with Crippen molar-refractivity contribution in [3.63, 3.8) is 0 Å². The molecule has 3 aromatic rings. The van der Waals surface area contributed by atoms with Crippen molar-refractivity contribution in [2.24, 2.45) is 5.92 Å². The molecule has 2 aromatic heterocycles. The Bertz CT molecular complexity index is 926. The molecule has 6 heteroatoms.